The first-order valence-electron chi connectivity index (χ1n) is 10.7. The first-order valence-corrected chi connectivity index (χ1v) is 10.7. The van der Waals surface area contributed by atoms with Crippen molar-refractivity contribution in [1.29, 1.82) is 0 Å². The van der Waals surface area contributed by atoms with Crippen LogP contribution in [0.5, 0.6) is 0 Å². The number of hydrogen-bond acceptors (Lipinski definition) is 1. The third-order valence-electron chi connectivity index (χ3n) is 5.72. The first-order chi connectivity index (χ1) is 14.8. The fourth-order valence-corrected chi connectivity index (χ4v) is 4.20. The summed E-state index contributed by atoms with van der Waals surface area (Å²) in [7, 11) is 0. The molecule has 5 aromatic rings. The lowest BCUT2D eigenvalue weighted by atomic mass is 10.1. The van der Waals surface area contributed by atoms with E-state index in [2.05, 4.69) is 107 Å². The predicted molar refractivity (Wildman–Crippen MR) is 123 cm³/mol. The van der Waals surface area contributed by atoms with Gasteiger partial charge in [0.1, 0.15) is 25.5 Å². The van der Waals surface area contributed by atoms with Crippen LogP contribution in [0, 0.1) is 0 Å². The molecule has 0 atom stereocenters. The zero-order chi connectivity index (χ0) is 20.3. The van der Waals surface area contributed by atoms with Crippen LogP contribution in [-0.4, -0.2) is 9.55 Å². The Morgan fingerprint density at radius 3 is 2.47 bits per heavy atom. The fraction of sp³-hybridized carbons (Fsp3) is 0.185. The summed E-state index contributed by atoms with van der Waals surface area (Å²) < 4.78 is 4.73. The van der Waals surface area contributed by atoms with Crippen molar-refractivity contribution in [2.75, 3.05) is 0 Å². The van der Waals surface area contributed by atoms with E-state index in [0.29, 0.717) is 0 Å². The molecule has 0 spiro atoms. The summed E-state index contributed by atoms with van der Waals surface area (Å²) in [5, 5.41) is 3.78. The summed E-state index contributed by atoms with van der Waals surface area (Å²) in [4.78, 5) is 4.87. The van der Waals surface area contributed by atoms with Crippen LogP contribution in [-0.2, 0) is 19.5 Å². The van der Waals surface area contributed by atoms with Crippen LogP contribution in [0.15, 0.2) is 91.3 Å². The van der Waals surface area contributed by atoms with Gasteiger partial charge in [-0.05, 0) is 41.0 Å². The number of benzene rings is 3. The van der Waals surface area contributed by atoms with Gasteiger partial charge in [-0.15, -0.1) is 0 Å². The molecule has 0 unspecified atom stereocenters. The molecule has 2 aromatic heterocycles. The van der Waals surface area contributed by atoms with Gasteiger partial charge in [0.2, 0.25) is 0 Å². The Morgan fingerprint density at radius 2 is 1.60 bits per heavy atom. The Bertz CT molecular complexity index is 1220. The van der Waals surface area contributed by atoms with Crippen molar-refractivity contribution < 1.29 is 4.57 Å². The molecule has 3 nitrogen and oxygen atoms in total. The minimum atomic E-state index is 0.797. The van der Waals surface area contributed by atoms with E-state index in [1.165, 1.54) is 27.5 Å². The topological polar surface area (TPSA) is 21.7 Å². The van der Waals surface area contributed by atoms with E-state index in [4.69, 9.17) is 4.98 Å². The van der Waals surface area contributed by atoms with Crippen molar-refractivity contribution in [3.05, 3.63) is 108 Å². The molecule has 30 heavy (non-hydrogen) atoms. The summed E-state index contributed by atoms with van der Waals surface area (Å²) in [5.74, 6) is 1.35. The molecular weight excluding hydrogens is 366 g/mol. The van der Waals surface area contributed by atoms with Crippen LogP contribution in [0.4, 0.5) is 0 Å². The maximum atomic E-state index is 4.87. The highest BCUT2D eigenvalue weighted by Crippen LogP contribution is 2.16. The van der Waals surface area contributed by atoms with Gasteiger partial charge < -0.3 is 0 Å². The molecule has 0 amide bonds. The average Bonchev–Trinajstić information content (AvgIpc) is 3.15. The van der Waals surface area contributed by atoms with Gasteiger partial charge in [0.15, 0.2) is 0 Å². The van der Waals surface area contributed by atoms with Crippen molar-refractivity contribution >= 4 is 21.7 Å². The van der Waals surface area contributed by atoms with Gasteiger partial charge in [-0.1, -0.05) is 67.6 Å². The van der Waals surface area contributed by atoms with Crippen molar-refractivity contribution in [2.45, 2.75) is 32.9 Å². The van der Waals surface area contributed by atoms with E-state index in [9.17, 15) is 0 Å². The largest absolute Gasteiger partial charge is 0.257 e. The lowest BCUT2D eigenvalue weighted by molar-refractivity contribution is -0.695. The predicted octanol–water partition coefficient (Wildman–Crippen LogP) is 5.53. The average molecular weight is 393 g/mol. The molecule has 0 radical (unpaired) electrons. The number of nitrogens with zero attached hydrogens (tertiary/aromatic N) is 3. The van der Waals surface area contributed by atoms with E-state index in [-0.39, 0.29) is 0 Å². The Hall–Kier alpha value is -3.46. The number of imidazole rings is 1. The number of fused-ring (bicyclic) bond motifs is 2. The number of para-hydroxylation sites is 1. The van der Waals surface area contributed by atoms with Gasteiger partial charge in [-0.2, -0.15) is 0 Å². The van der Waals surface area contributed by atoms with Gasteiger partial charge in [-0.3, -0.25) is 0 Å². The molecule has 0 aliphatic rings. The summed E-state index contributed by atoms with van der Waals surface area (Å²) in [6.45, 7) is 3.93. The zero-order valence-electron chi connectivity index (χ0n) is 17.3. The number of hydrogen-bond donors (Lipinski definition) is 0. The third kappa shape index (κ3) is 3.71. The van der Waals surface area contributed by atoms with Crippen LogP contribution < -0.4 is 4.57 Å². The fourth-order valence-electron chi connectivity index (χ4n) is 4.20. The standard InChI is InChI=1S/C27H26N3/c1-2-7-27-29(19-21-12-13-22-8-3-4-10-24(22)18-21)16-17-30(27)20-25-15-14-23-9-5-6-11-26(23)28-25/h3-6,8-18H,2,7,19-20H2,1H3/q+1. The molecule has 0 aliphatic heterocycles. The lowest BCUT2D eigenvalue weighted by Gasteiger charge is -2.07. The third-order valence-corrected chi connectivity index (χ3v) is 5.72. The quantitative estimate of drug-likeness (QED) is 0.348. The maximum absolute atomic E-state index is 4.87. The maximum Gasteiger partial charge on any atom is 0.257 e. The molecule has 148 valence electrons. The van der Waals surface area contributed by atoms with Crippen molar-refractivity contribution in [1.82, 2.24) is 9.55 Å². The van der Waals surface area contributed by atoms with Gasteiger partial charge in [-0.25, -0.2) is 14.1 Å². The minimum absolute atomic E-state index is 0.797. The van der Waals surface area contributed by atoms with Crippen LogP contribution >= 0.6 is 0 Å². The van der Waals surface area contributed by atoms with E-state index in [1.54, 1.807) is 0 Å². The monoisotopic (exact) mass is 392 g/mol. The smallest absolute Gasteiger partial charge is 0.249 e. The molecule has 2 heterocycles. The minimum Gasteiger partial charge on any atom is -0.249 e. The second-order valence-corrected chi connectivity index (χ2v) is 7.90. The second-order valence-electron chi connectivity index (χ2n) is 7.90. The molecule has 0 saturated carbocycles. The summed E-state index contributed by atoms with van der Waals surface area (Å²) in [6, 6.07) is 28.0. The highest BCUT2D eigenvalue weighted by atomic mass is 15.2. The molecule has 0 bridgehead atoms. The molecule has 0 saturated heterocycles. The summed E-state index contributed by atoms with van der Waals surface area (Å²) >= 11 is 0. The highest BCUT2D eigenvalue weighted by molar-refractivity contribution is 5.83. The van der Waals surface area contributed by atoms with Crippen LogP contribution in [0.3, 0.4) is 0 Å². The van der Waals surface area contributed by atoms with Gasteiger partial charge in [0.05, 0.1) is 11.2 Å². The zero-order valence-corrected chi connectivity index (χ0v) is 17.3. The SMILES string of the molecule is CCCc1n(Cc2ccc3ccccc3n2)cc[n+]1Cc1ccc2ccccc2c1. The molecule has 3 heteroatoms. The summed E-state index contributed by atoms with van der Waals surface area (Å²) in [6.07, 6.45) is 6.57. The lowest BCUT2D eigenvalue weighted by Crippen LogP contribution is -2.37. The van der Waals surface area contributed by atoms with Gasteiger partial charge in [0, 0.05) is 11.8 Å². The van der Waals surface area contributed by atoms with Crippen molar-refractivity contribution in [2.24, 2.45) is 0 Å². The Labute approximate surface area is 177 Å². The van der Waals surface area contributed by atoms with Gasteiger partial charge in [0.25, 0.3) is 5.82 Å². The van der Waals surface area contributed by atoms with Crippen LogP contribution in [0.1, 0.15) is 30.4 Å². The van der Waals surface area contributed by atoms with Gasteiger partial charge >= 0.3 is 0 Å². The van der Waals surface area contributed by atoms with Crippen molar-refractivity contribution in [3.8, 4) is 0 Å². The molecule has 0 aliphatic carbocycles. The van der Waals surface area contributed by atoms with E-state index in [0.717, 1.165) is 37.1 Å². The Morgan fingerprint density at radius 1 is 0.833 bits per heavy atom. The van der Waals surface area contributed by atoms with Crippen LogP contribution in [0.2, 0.25) is 0 Å². The molecular formula is C27H26N3+. The Balaban J connectivity index is 1.44. The van der Waals surface area contributed by atoms with Crippen LogP contribution in [0.25, 0.3) is 21.7 Å². The molecule has 3 aromatic carbocycles. The van der Waals surface area contributed by atoms with E-state index in [1.807, 2.05) is 0 Å². The normalized spacial score (nSPS) is 11.4. The number of pyridine rings is 1. The molecule has 5 rings (SSSR count). The van der Waals surface area contributed by atoms with E-state index < -0.39 is 0 Å². The second kappa shape index (κ2) is 8.11. The molecule has 0 fully saturated rings. The highest BCUT2D eigenvalue weighted by Gasteiger charge is 2.17. The first kappa shape index (κ1) is 18.6. The number of aromatic nitrogens is 3. The van der Waals surface area contributed by atoms with E-state index >= 15 is 0 Å². The summed E-state index contributed by atoms with van der Waals surface area (Å²) in [5.41, 5.74) is 3.49. The number of rotatable bonds is 6. The Kier molecular flexibility index (Phi) is 5.02. The van der Waals surface area contributed by atoms with Crippen molar-refractivity contribution in [3.63, 3.8) is 0 Å². The molecule has 0 N–H and O–H groups in total.